The number of terminal acetylenes is 1. The Morgan fingerprint density at radius 1 is 1.17 bits per heavy atom. The van der Waals surface area contributed by atoms with Gasteiger partial charge >= 0.3 is 0 Å². The first kappa shape index (κ1) is 13.9. The Morgan fingerprint density at radius 2 is 1.94 bits per heavy atom. The minimum atomic E-state index is 0.843. The summed E-state index contributed by atoms with van der Waals surface area (Å²) in [7, 11) is 0. The van der Waals surface area contributed by atoms with Gasteiger partial charge in [-0.1, -0.05) is 13.8 Å². The molecule has 0 heterocycles. The van der Waals surface area contributed by atoms with Gasteiger partial charge in [-0.3, -0.25) is 0 Å². The van der Waals surface area contributed by atoms with Crippen LogP contribution < -0.4 is 5.32 Å². The Kier molecular flexibility index (Phi) is 5.13. The van der Waals surface area contributed by atoms with Crippen LogP contribution in [0.1, 0.15) is 58.8 Å². The van der Waals surface area contributed by atoms with Crippen molar-refractivity contribution in [3.63, 3.8) is 0 Å². The molecule has 18 heavy (non-hydrogen) atoms. The molecule has 0 aliphatic heterocycles. The monoisotopic (exact) mass is 247 g/mol. The van der Waals surface area contributed by atoms with Gasteiger partial charge in [-0.05, 0) is 68.7 Å². The first-order valence-electron chi connectivity index (χ1n) is 7.87. The molecule has 1 N–H and O–H groups in total. The van der Waals surface area contributed by atoms with Gasteiger partial charge in [0.2, 0.25) is 0 Å². The van der Waals surface area contributed by atoms with Gasteiger partial charge in [0, 0.05) is 12.5 Å². The highest BCUT2D eigenvalue weighted by Gasteiger charge is 2.32. The predicted molar refractivity (Wildman–Crippen MR) is 78.3 cm³/mol. The summed E-state index contributed by atoms with van der Waals surface area (Å²) in [5.74, 6) is 6.37. The van der Waals surface area contributed by atoms with Crippen LogP contribution in [0.3, 0.4) is 0 Å². The van der Waals surface area contributed by atoms with Gasteiger partial charge < -0.3 is 5.32 Å². The van der Waals surface area contributed by atoms with Gasteiger partial charge in [-0.15, -0.1) is 12.3 Å². The lowest BCUT2D eigenvalue weighted by molar-refractivity contribution is 0.138. The van der Waals surface area contributed by atoms with E-state index < -0.39 is 0 Å². The van der Waals surface area contributed by atoms with Gasteiger partial charge in [0.05, 0.1) is 0 Å². The van der Waals surface area contributed by atoms with Crippen LogP contribution in [0, 0.1) is 36.0 Å². The molecule has 2 rings (SSSR count). The second-order valence-corrected chi connectivity index (χ2v) is 6.76. The summed E-state index contributed by atoms with van der Waals surface area (Å²) in [4.78, 5) is 0. The van der Waals surface area contributed by atoms with E-state index in [1.165, 1.54) is 45.1 Å². The summed E-state index contributed by atoms with van der Waals surface area (Å²) in [6.45, 7) is 6.00. The predicted octanol–water partition coefficient (Wildman–Crippen LogP) is 3.84. The Labute approximate surface area is 113 Å². The lowest BCUT2D eigenvalue weighted by Crippen LogP contribution is -2.35. The molecule has 0 bridgehead atoms. The fourth-order valence-corrected chi connectivity index (χ4v) is 3.47. The maximum Gasteiger partial charge on any atom is 0.00888 e. The SMILES string of the molecule is C#CCCC1CC(C(C)C)CCC1CNC1CC1. The second kappa shape index (κ2) is 6.62. The Morgan fingerprint density at radius 3 is 2.56 bits per heavy atom. The van der Waals surface area contributed by atoms with E-state index in [4.69, 9.17) is 6.42 Å². The van der Waals surface area contributed by atoms with Gasteiger partial charge in [-0.2, -0.15) is 0 Å². The molecule has 2 aliphatic carbocycles. The molecule has 0 amide bonds. The summed E-state index contributed by atoms with van der Waals surface area (Å²) in [5.41, 5.74) is 0. The minimum absolute atomic E-state index is 0.843. The van der Waals surface area contributed by atoms with Crippen LogP contribution >= 0.6 is 0 Å². The van der Waals surface area contributed by atoms with Crippen molar-refractivity contribution in [2.24, 2.45) is 23.7 Å². The average molecular weight is 247 g/mol. The molecule has 0 aromatic carbocycles. The highest BCUT2D eigenvalue weighted by Crippen LogP contribution is 2.39. The highest BCUT2D eigenvalue weighted by molar-refractivity contribution is 4.90. The highest BCUT2D eigenvalue weighted by atomic mass is 14.9. The van der Waals surface area contributed by atoms with Crippen molar-refractivity contribution >= 4 is 0 Å². The molecule has 0 aromatic rings. The van der Waals surface area contributed by atoms with Crippen molar-refractivity contribution in [3.05, 3.63) is 0 Å². The van der Waals surface area contributed by atoms with E-state index in [9.17, 15) is 0 Å². The summed E-state index contributed by atoms with van der Waals surface area (Å²) in [6.07, 6.45) is 14.7. The van der Waals surface area contributed by atoms with Crippen LogP contribution in [0.15, 0.2) is 0 Å². The topological polar surface area (TPSA) is 12.0 Å². The van der Waals surface area contributed by atoms with Crippen molar-refractivity contribution in [1.29, 1.82) is 0 Å². The largest absolute Gasteiger partial charge is 0.314 e. The normalized spacial score (nSPS) is 32.4. The maximum atomic E-state index is 5.45. The van der Waals surface area contributed by atoms with Gasteiger partial charge in [0.15, 0.2) is 0 Å². The molecule has 1 nitrogen and oxygen atoms in total. The molecular formula is C17H29N. The lowest BCUT2D eigenvalue weighted by Gasteiger charge is -2.38. The summed E-state index contributed by atoms with van der Waals surface area (Å²) < 4.78 is 0. The van der Waals surface area contributed by atoms with Crippen molar-refractivity contribution in [3.8, 4) is 12.3 Å². The molecule has 3 atom stereocenters. The summed E-state index contributed by atoms with van der Waals surface area (Å²) >= 11 is 0. The quantitative estimate of drug-likeness (QED) is 0.703. The van der Waals surface area contributed by atoms with Gasteiger partial charge in [0.1, 0.15) is 0 Å². The number of hydrogen-bond acceptors (Lipinski definition) is 1. The van der Waals surface area contributed by atoms with Crippen LogP contribution in [-0.2, 0) is 0 Å². The van der Waals surface area contributed by atoms with E-state index in [1.807, 2.05) is 0 Å². The Balaban J connectivity index is 1.83. The second-order valence-electron chi connectivity index (χ2n) is 6.76. The first-order valence-corrected chi connectivity index (χ1v) is 7.87. The van der Waals surface area contributed by atoms with Crippen LogP contribution in [0.5, 0.6) is 0 Å². The smallest absolute Gasteiger partial charge is 0.00888 e. The molecule has 1 heteroatoms. The molecule has 2 aliphatic rings. The zero-order valence-corrected chi connectivity index (χ0v) is 12.1. The van der Waals surface area contributed by atoms with E-state index in [0.717, 1.165) is 36.1 Å². The fraction of sp³-hybridized carbons (Fsp3) is 0.882. The molecule has 0 aromatic heterocycles. The third-order valence-corrected chi connectivity index (χ3v) is 5.03. The average Bonchev–Trinajstić information content (AvgIpc) is 3.18. The van der Waals surface area contributed by atoms with E-state index in [2.05, 4.69) is 25.1 Å². The van der Waals surface area contributed by atoms with Crippen LogP contribution in [0.2, 0.25) is 0 Å². The fourth-order valence-electron chi connectivity index (χ4n) is 3.47. The van der Waals surface area contributed by atoms with E-state index in [0.29, 0.717) is 0 Å². The van der Waals surface area contributed by atoms with E-state index in [-0.39, 0.29) is 0 Å². The minimum Gasteiger partial charge on any atom is -0.314 e. The molecule has 2 saturated carbocycles. The van der Waals surface area contributed by atoms with E-state index >= 15 is 0 Å². The van der Waals surface area contributed by atoms with Crippen LogP contribution in [0.4, 0.5) is 0 Å². The van der Waals surface area contributed by atoms with E-state index in [1.54, 1.807) is 0 Å². The molecule has 102 valence electrons. The van der Waals surface area contributed by atoms with Crippen molar-refractivity contribution in [1.82, 2.24) is 5.32 Å². The Hall–Kier alpha value is -0.480. The first-order chi connectivity index (χ1) is 8.70. The molecule has 0 spiro atoms. The van der Waals surface area contributed by atoms with Crippen molar-refractivity contribution in [2.75, 3.05) is 6.54 Å². The Bertz CT molecular complexity index is 284. The number of hydrogen-bond donors (Lipinski definition) is 1. The number of nitrogens with one attached hydrogen (secondary N) is 1. The third kappa shape index (κ3) is 4.02. The van der Waals surface area contributed by atoms with Crippen LogP contribution in [-0.4, -0.2) is 12.6 Å². The zero-order chi connectivity index (χ0) is 13.0. The van der Waals surface area contributed by atoms with Gasteiger partial charge in [-0.25, -0.2) is 0 Å². The third-order valence-electron chi connectivity index (χ3n) is 5.03. The zero-order valence-electron chi connectivity index (χ0n) is 12.1. The standard InChI is InChI=1S/C17H29N/c1-4-5-6-15-11-14(13(2)3)7-8-16(15)12-18-17-9-10-17/h1,13-18H,5-12H2,2-3H3. The molecule has 3 unspecified atom stereocenters. The van der Waals surface area contributed by atoms with Crippen LogP contribution in [0.25, 0.3) is 0 Å². The molecule has 0 radical (unpaired) electrons. The number of rotatable bonds is 6. The summed E-state index contributed by atoms with van der Waals surface area (Å²) in [6, 6.07) is 0.848. The van der Waals surface area contributed by atoms with Crippen molar-refractivity contribution < 1.29 is 0 Å². The molecule has 0 saturated heterocycles. The maximum absolute atomic E-state index is 5.45. The lowest BCUT2D eigenvalue weighted by atomic mass is 9.69. The molecular weight excluding hydrogens is 218 g/mol. The van der Waals surface area contributed by atoms with Gasteiger partial charge in [0.25, 0.3) is 0 Å². The summed E-state index contributed by atoms with van der Waals surface area (Å²) in [5, 5.41) is 3.73. The molecule has 2 fully saturated rings. The van der Waals surface area contributed by atoms with Crippen molar-refractivity contribution in [2.45, 2.75) is 64.8 Å².